The van der Waals surface area contributed by atoms with E-state index in [1.165, 1.54) is 6.07 Å². The van der Waals surface area contributed by atoms with Gasteiger partial charge in [-0.3, -0.25) is 4.79 Å². The first-order chi connectivity index (χ1) is 13.1. The first kappa shape index (κ1) is 18.7. The quantitative estimate of drug-likeness (QED) is 0.880. The fraction of sp³-hybridized carbons (Fsp3) is 0.333. The number of likely N-dealkylation sites (tertiary alicyclic amines) is 1. The third-order valence-electron chi connectivity index (χ3n) is 4.84. The summed E-state index contributed by atoms with van der Waals surface area (Å²) in [5.74, 6) is 0.366. The number of ether oxygens (including phenoxy) is 1. The third kappa shape index (κ3) is 4.56. The van der Waals surface area contributed by atoms with Gasteiger partial charge in [-0.05, 0) is 37.1 Å². The number of hydrogen-bond donors (Lipinski definition) is 1. The van der Waals surface area contributed by atoms with E-state index in [4.69, 9.17) is 10.00 Å². The molecule has 5 nitrogen and oxygen atoms in total. The highest BCUT2D eigenvalue weighted by molar-refractivity contribution is 5.79. The number of carbonyl (C=O) groups excluding carboxylic acids is 1. The minimum absolute atomic E-state index is 0.0718. The molecule has 3 rings (SSSR count). The second-order valence-corrected chi connectivity index (χ2v) is 6.59. The monoisotopic (exact) mass is 367 g/mol. The molecule has 0 saturated carbocycles. The van der Waals surface area contributed by atoms with E-state index in [9.17, 15) is 9.18 Å². The molecule has 0 unspecified atom stereocenters. The first-order valence-electron chi connectivity index (χ1n) is 8.96. The number of para-hydroxylation sites is 1. The molecule has 0 aromatic heterocycles. The molecule has 1 heterocycles. The minimum Gasteiger partial charge on any atom is -0.496 e. The number of nitrogens with one attached hydrogen (secondary N) is 1. The van der Waals surface area contributed by atoms with Crippen LogP contribution in [0.1, 0.15) is 24.0 Å². The number of carbonyl (C=O) groups is 1. The number of halogens is 1. The molecule has 0 bridgehead atoms. The van der Waals surface area contributed by atoms with Gasteiger partial charge in [0.15, 0.2) is 0 Å². The first-order valence-corrected chi connectivity index (χ1v) is 8.96. The molecule has 0 atom stereocenters. The zero-order chi connectivity index (χ0) is 19.2. The van der Waals surface area contributed by atoms with Gasteiger partial charge >= 0.3 is 0 Å². The molecule has 0 spiro atoms. The summed E-state index contributed by atoms with van der Waals surface area (Å²) in [6.07, 6.45) is 1.81. The van der Waals surface area contributed by atoms with Crippen molar-refractivity contribution >= 4 is 11.6 Å². The number of hydrogen-bond acceptors (Lipinski definition) is 4. The molecule has 0 radical (unpaired) electrons. The van der Waals surface area contributed by atoms with Crippen LogP contribution in [0.2, 0.25) is 0 Å². The molecule has 6 heteroatoms. The Labute approximate surface area is 158 Å². The molecule has 0 aliphatic carbocycles. The predicted octanol–water partition coefficient (Wildman–Crippen LogP) is 3.35. The lowest BCUT2D eigenvalue weighted by Gasteiger charge is -2.33. The average molecular weight is 367 g/mol. The maximum atomic E-state index is 14.0. The van der Waals surface area contributed by atoms with Crippen LogP contribution >= 0.6 is 0 Å². The van der Waals surface area contributed by atoms with Gasteiger partial charge in [0.1, 0.15) is 11.6 Å². The number of piperidine rings is 1. The van der Waals surface area contributed by atoms with Crippen LogP contribution in [0.4, 0.5) is 10.1 Å². The van der Waals surface area contributed by atoms with Gasteiger partial charge < -0.3 is 15.0 Å². The summed E-state index contributed by atoms with van der Waals surface area (Å²) >= 11 is 0. The SMILES string of the molecule is COc1ccccc1CC(=O)N1CCC(Nc2ccc(C#N)cc2F)CC1. The fourth-order valence-corrected chi connectivity index (χ4v) is 3.32. The van der Waals surface area contributed by atoms with E-state index in [-0.39, 0.29) is 11.9 Å². The van der Waals surface area contributed by atoms with Crippen molar-refractivity contribution in [2.24, 2.45) is 0 Å². The number of anilines is 1. The Hall–Kier alpha value is -3.07. The highest BCUT2D eigenvalue weighted by Crippen LogP contribution is 2.22. The number of rotatable bonds is 5. The predicted molar refractivity (Wildman–Crippen MR) is 101 cm³/mol. The summed E-state index contributed by atoms with van der Waals surface area (Å²) in [5, 5.41) is 12.0. The van der Waals surface area contributed by atoms with Gasteiger partial charge in [0.05, 0.1) is 30.9 Å². The van der Waals surface area contributed by atoms with Gasteiger partial charge in [0.2, 0.25) is 5.91 Å². The van der Waals surface area contributed by atoms with E-state index < -0.39 is 5.82 Å². The van der Waals surface area contributed by atoms with Crippen LogP contribution in [-0.4, -0.2) is 37.0 Å². The Balaban J connectivity index is 1.54. The van der Waals surface area contributed by atoms with Crippen LogP contribution < -0.4 is 10.1 Å². The maximum Gasteiger partial charge on any atom is 0.227 e. The molecule has 1 aliphatic rings. The van der Waals surface area contributed by atoms with Gasteiger partial charge in [-0.2, -0.15) is 5.26 Å². The second kappa shape index (κ2) is 8.54. The molecule has 1 N–H and O–H groups in total. The smallest absolute Gasteiger partial charge is 0.227 e. The Morgan fingerprint density at radius 1 is 1.30 bits per heavy atom. The highest BCUT2D eigenvalue weighted by Gasteiger charge is 2.24. The van der Waals surface area contributed by atoms with Crippen molar-refractivity contribution in [3.05, 3.63) is 59.4 Å². The normalized spacial score (nSPS) is 14.5. The summed E-state index contributed by atoms with van der Waals surface area (Å²) in [6, 6.07) is 14.0. The molecule has 1 aliphatic heterocycles. The van der Waals surface area contributed by atoms with E-state index in [0.29, 0.717) is 30.8 Å². The van der Waals surface area contributed by atoms with Crippen molar-refractivity contribution in [1.82, 2.24) is 4.90 Å². The standard InChI is InChI=1S/C21H22FN3O2/c1-27-20-5-3-2-4-16(20)13-21(26)25-10-8-17(9-11-25)24-19-7-6-15(14-23)12-18(19)22/h2-7,12,17,24H,8-11,13H2,1H3. The van der Waals surface area contributed by atoms with Crippen molar-refractivity contribution in [3.63, 3.8) is 0 Å². The molecular weight excluding hydrogens is 345 g/mol. The molecule has 2 aromatic rings. The van der Waals surface area contributed by atoms with Crippen LogP contribution in [0.15, 0.2) is 42.5 Å². The topological polar surface area (TPSA) is 65.4 Å². The van der Waals surface area contributed by atoms with E-state index in [1.54, 1.807) is 19.2 Å². The number of amides is 1. The van der Waals surface area contributed by atoms with E-state index in [0.717, 1.165) is 24.2 Å². The summed E-state index contributed by atoms with van der Waals surface area (Å²) in [6.45, 7) is 1.26. The lowest BCUT2D eigenvalue weighted by Crippen LogP contribution is -2.43. The van der Waals surface area contributed by atoms with Gasteiger partial charge in [-0.15, -0.1) is 0 Å². The number of methoxy groups -OCH3 is 1. The summed E-state index contributed by atoms with van der Waals surface area (Å²) < 4.78 is 19.3. The largest absolute Gasteiger partial charge is 0.496 e. The van der Waals surface area contributed by atoms with Crippen LogP contribution in [-0.2, 0) is 11.2 Å². The van der Waals surface area contributed by atoms with Gasteiger partial charge in [0, 0.05) is 24.7 Å². The Bertz CT molecular complexity index is 855. The molecule has 1 saturated heterocycles. The van der Waals surface area contributed by atoms with Crippen molar-refractivity contribution in [2.45, 2.75) is 25.3 Å². The fourth-order valence-electron chi connectivity index (χ4n) is 3.32. The molecular formula is C21H22FN3O2. The van der Waals surface area contributed by atoms with Gasteiger partial charge in [-0.25, -0.2) is 4.39 Å². The summed E-state index contributed by atoms with van der Waals surface area (Å²) in [4.78, 5) is 14.4. The Morgan fingerprint density at radius 3 is 2.70 bits per heavy atom. The maximum absolute atomic E-state index is 14.0. The van der Waals surface area contributed by atoms with Crippen molar-refractivity contribution in [3.8, 4) is 11.8 Å². The van der Waals surface area contributed by atoms with Crippen LogP contribution in [0.25, 0.3) is 0 Å². The molecule has 1 fully saturated rings. The summed E-state index contributed by atoms with van der Waals surface area (Å²) in [5.41, 5.74) is 1.58. The molecule has 2 aromatic carbocycles. The Morgan fingerprint density at radius 2 is 2.04 bits per heavy atom. The summed E-state index contributed by atoms with van der Waals surface area (Å²) in [7, 11) is 1.60. The van der Waals surface area contributed by atoms with E-state index in [1.807, 2.05) is 35.2 Å². The lowest BCUT2D eigenvalue weighted by atomic mass is 10.0. The highest BCUT2D eigenvalue weighted by atomic mass is 19.1. The third-order valence-corrected chi connectivity index (χ3v) is 4.84. The molecule has 140 valence electrons. The van der Waals surface area contributed by atoms with Gasteiger partial charge in [0.25, 0.3) is 0 Å². The Kier molecular flexibility index (Phi) is 5.92. The van der Waals surface area contributed by atoms with E-state index in [2.05, 4.69) is 5.32 Å². The van der Waals surface area contributed by atoms with Crippen LogP contribution in [0, 0.1) is 17.1 Å². The van der Waals surface area contributed by atoms with Crippen LogP contribution in [0.5, 0.6) is 5.75 Å². The molecule has 1 amide bonds. The number of nitrogens with zero attached hydrogens (tertiary/aromatic N) is 2. The number of benzene rings is 2. The van der Waals surface area contributed by atoms with Crippen molar-refractivity contribution < 1.29 is 13.9 Å². The number of nitriles is 1. The van der Waals surface area contributed by atoms with Crippen molar-refractivity contribution in [1.29, 1.82) is 5.26 Å². The second-order valence-electron chi connectivity index (χ2n) is 6.59. The zero-order valence-electron chi connectivity index (χ0n) is 15.2. The lowest BCUT2D eigenvalue weighted by molar-refractivity contribution is -0.131. The van der Waals surface area contributed by atoms with E-state index >= 15 is 0 Å². The zero-order valence-corrected chi connectivity index (χ0v) is 15.2. The molecule has 27 heavy (non-hydrogen) atoms. The average Bonchev–Trinajstić information content (AvgIpc) is 2.70. The van der Waals surface area contributed by atoms with Crippen LogP contribution in [0.3, 0.4) is 0 Å². The van der Waals surface area contributed by atoms with Gasteiger partial charge in [-0.1, -0.05) is 18.2 Å². The minimum atomic E-state index is -0.427. The van der Waals surface area contributed by atoms with Crippen molar-refractivity contribution in [2.75, 3.05) is 25.5 Å².